The highest BCUT2D eigenvalue weighted by Gasteiger charge is 2.43. The van der Waals surface area contributed by atoms with Gasteiger partial charge in [0.15, 0.2) is 0 Å². The van der Waals surface area contributed by atoms with Gasteiger partial charge in [-0.25, -0.2) is 4.98 Å². The number of aromatic nitrogens is 3. The number of likely N-dealkylation sites (tertiary alicyclic amines) is 1. The van der Waals surface area contributed by atoms with E-state index in [1.807, 2.05) is 0 Å². The number of nitrogens with zero attached hydrogens (tertiary/aromatic N) is 3. The van der Waals surface area contributed by atoms with Crippen LogP contribution in [0.25, 0.3) is 0 Å². The van der Waals surface area contributed by atoms with Crippen LogP contribution in [0.15, 0.2) is 0 Å². The lowest BCUT2D eigenvalue weighted by atomic mass is 9.91. The lowest BCUT2D eigenvalue weighted by Crippen LogP contribution is -2.49. The molecule has 2 amide bonds. The SMILES string of the molecule is O=C1NCC2C1CCCN2C(=O)c1n[nH]c(C2CC2)n1. The monoisotopic (exact) mass is 275 g/mol. The van der Waals surface area contributed by atoms with E-state index in [1.165, 1.54) is 0 Å². The fourth-order valence-corrected chi connectivity index (χ4v) is 3.24. The van der Waals surface area contributed by atoms with E-state index in [1.54, 1.807) is 4.90 Å². The zero-order valence-corrected chi connectivity index (χ0v) is 11.1. The molecule has 4 rings (SSSR count). The highest BCUT2D eigenvalue weighted by molar-refractivity contribution is 5.92. The summed E-state index contributed by atoms with van der Waals surface area (Å²) >= 11 is 0. The summed E-state index contributed by atoms with van der Waals surface area (Å²) in [7, 11) is 0. The van der Waals surface area contributed by atoms with E-state index in [9.17, 15) is 9.59 Å². The molecule has 20 heavy (non-hydrogen) atoms. The Kier molecular flexibility index (Phi) is 2.55. The summed E-state index contributed by atoms with van der Waals surface area (Å²) in [6, 6.07) is -0.0355. The van der Waals surface area contributed by atoms with Gasteiger partial charge in [-0.3, -0.25) is 14.7 Å². The molecule has 3 fully saturated rings. The van der Waals surface area contributed by atoms with E-state index < -0.39 is 0 Å². The highest BCUT2D eigenvalue weighted by Crippen LogP contribution is 2.38. The van der Waals surface area contributed by atoms with Gasteiger partial charge in [-0.2, -0.15) is 0 Å². The standard InChI is InChI=1S/C13H17N5O2/c19-12-8-2-1-5-18(9(8)6-14-12)13(20)11-15-10(16-17-11)7-3-4-7/h7-9H,1-6H2,(H,14,19)(H,15,16,17). The largest absolute Gasteiger partial charge is 0.354 e. The summed E-state index contributed by atoms with van der Waals surface area (Å²) in [6.45, 7) is 1.23. The van der Waals surface area contributed by atoms with E-state index in [0.717, 1.165) is 31.5 Å². The lowest BCUT2D eigenvalue weighted by molar-refractivity contribution is -0.123. The molecule has 7 heteroatoms. The summed E-state index contributed by atoms with van der Waals surface area (Å²) in [5.41, 5.74) is 0. The van der Waals surface area contributed by atoms with Crippen LogP contribution in [0.2, 0.25) is 0 Å². The van der Waals surface area contributed by atoms with E-state index in [4.69, 9.17) is 0 Å². The summed E-state index contributed by atoms with van der Waals surface area (Å²) < 4.78 is 0. The van der Waals surface area contributed by atoms with E-state index in [0.29, 0.717) is 19.0 Å². The van der Waals surface area contributed by atoms with Crippen molar-refractivity contribution in [1.82, 2.24) is 25.4 Å². The van der Waals surface area contributed by atoms with Crippen molar-refractivity contribution in [1.29, 1.82) is 0 Å². The molecule has 0 bridgehead atoms. The van der Waals surface area contributed by atoms with Gasteiger partial charge in [-0.15, -0.1) is 5.10 Å². The highest BCUT2D eigenvalue weighted by atomic mass is 16.2. The third kappa shape index (κ3) is 1.80. The van der Waals surface area contributed by atoms with Crippen LogP contribution in [0.1, 0.15) is 48.0 Å². The van der Waals surface area contributed by atoms with Crippen molar-refractivity contribution in [2.45, 2.75) is 37.6 Å². The quantitative estimate of drug-likeness (QED) is 0.797. The van der Waals surface area contributed by atoms with Gasteiger partial charge >= 0.3 is 0 Å². The Labute approximate surface area is 116 Å². The molecule has 2 atom stereocenters. The zero-order chi connectivity index (χ0) is 13.7. The zero-order valence-electron chi connectivity index (χ0n) is 11.1. The molecular weight excluding hydrogens is 258 g/mol. The molecule has 2 aliphatic heterocycles. The predicted molar refractivity (Wildman–Crippen MR) is 68.9 cm³/mol. The Hall–Kier alpha value is -1.92. The normalized spacial score (nSPS) is 29.2. The number of hydrogen-bond acceptors (Lipinski definition) is 4. The summed E-state index contributed by atoms with van der Waals surface area (Å²) in [5, 5.41) is 9.77. The molecule has 1 aliphatic carbocycles. The number of rotatable bonds is 2. The minimum atomic E-state index is -0.153. The Bertz CT molecular complexity index is 565. The molecule has 2 saturated heterocycles. The maximum atomic E-state index is 12.5. The second-order valence-corrected chi connectivity index (χ2v) is 5.88. The predicted octanol–water partition coefficient (Wildman–Crippen LogP) is 0.0327. The number of hydrogen-bond donors (Lipinski definition) is 2. The minimum Gasteiger partial charge on any atom is -0.354 e. The second kappa shape index (κ2) is 4.29. The van der Waals surface area contributed by atoms with Gasteiger partial charge in [-0.05, 0) is 25.7 Å². The van der Waals surface area contributed by atoms with E-state index in [-0.39, 0.29) is 29.6 Å². The van der Waals surface area contributed by atoms with Crippen molar-refractivity contribution in [3.8, 4) is 0 Å². The van der Waals surface area contributed by atoms with Gasteiger partial charge in [0.25, 0.3) is 5.91 Å². The summed E-state index contributed by atoms with van der Waals surface area (Å²) in [5.74, 6) is 1.37. The number of H-pyrrole nitrogens is 1. The summed E-state index contributed by atoms with van der Waals surface area (Å²) in [6.07, 6.45) is 3.97. The van der Waals surface area contributed by atoms with E-state index >= 15 is 0 Å². The van der Waals surface area contributed by atoms with Crippen LogP contribution >= 0.6 is 0 Å². The van der Waals surface area contributed by atoms with Crippen LogP contribution in [-0.2, 0) is 4.79 Å². The Morgan fingerprint density at radius 2 is 2.15 bits per heavy atom. The van der Waals surface area contributed by atoms with Crippen LogP contribution in [0.3, 0.4) is 0 Å². The summed E-state index contributed by atoms with van der Waals surface area (Å²) in [4.78, 5) is 30.4. The Morgan fingerprint density at radius 1 is 1.30 bits per heavy atom. The van der Waals surface area contributed by atoms with Gasteiger partial charge in [0, 0.05) is 19.0 Å². The molecule has 1 saturated carbocycles. The maximum Gasteiger partial charge on any atom is 0.293 e. The molecule has 1 aromatic heterocycles. The van der Waals surface area contributed by atoms with Gasteiger partial charge in [-0.1, -0.05) is 0 Å². The van der Waals surface area contributed by atoms with Crippen LogP contribution in [0, 0.1) is 5.92 Å². The smallest absolute Gasteiger partial charge is 0.293 e. The van der Waals surface area contributed by atoms with Gasteiger partial charge in [0.2, 0.25) is 11.7 Å². The first-order valence-corrected chi connectivity index (χ1v) is 7.25. The molecule has 2 N–H and O–H groups in total. The van der Waals surface area contributed by atoms with Crippen molar-refractivity contribution < 1.29 is 9.59 Å². The minimum absolute atomic E-state index is 0.0355. The number of carbonyl (C=O) groups excluding carboxylic acids is 2. The van der Waals surface area contributed by atoms with Gasteiger partial charge < -0.3 is 10.2 Å². The molecule has 0 radical (unpaired) electrons. The lowest BCUT2D eigenvalue weighted by Gasteiger charge is -2.35. The molecular formula is C13H17N5O2. The maximum absolute atomic E-state index is 12.5. The van der Waals surface area contributed by atoms with Crippen molar-refractivity contribution in [3.63, 3.8) is 0 Å². The molecule has 106 valence electrons. The first-order valence-electron chi connectivity index (χ1n) is 7.25. The number of fused-ring (bicyclic) bond motifs is 1. The fourth-order valence-electron chi connectivity index (χ4n) is 3.24. The van der Waals surface area contributed by atoms with Crippen molar-refractivity contribution in [2.75, 3.05) is 13.1 Å². The molecule has 7 nitrogen and oxygen atoms in total. The molecule has 1 aromatic rings. The molecule has 0 aromatic carbocycles. The molecule has 3 aliphatic rings. The van der Waals surface area contributed by atoms with Crippen molar-refractivity contribution in [2.24, 2.45) is 5.92 Å². The van der Waals surface area contributed by atoms with Crippen molar-refractivity contribution >= 4 is 11.8 Å². The third-order valence-electron chi connectivity index (χ3n) is 4.52. The van der Waals surface area contributed by atoms with Crippen LogP contribution in [0.5, 0.6) is 0 Å². The number of amides is 2. The first kappa shape index (κ1) is 11.9. The topological polar surface area (TPSA) is 91.0 Å². The van der Waals surface area contributed by atoms with Crippen LogP contribution in [-0.4, -0.2) is 51.0 Å². The number of aromatic amines is 1. The van der Waals surface area contributed by atoms with Crippen LogP contribution in [0.4, 0.5) is 0 Å². The Balaban J connectivity index is 1.55. The number of nitrogens with one attached hydrogen (secondary N) is 2. The van der Waals surface area contributed by atoms with Crippen molar-refractivity contribution in [3.05, 3.63) is 11.6 Å². The first-order chi connectivity index (χ1) is 9.74. The van der Waals surface area contributed by atoms with Gasteiger partial charge in [0.05, 0.1) is 12.0 Å². The molecule has 2 unspecified atom stereocenters. The average molecular weight is 275 g/mol. The van der Waals surface area contributed by atoms with Gasteiger partial charge in [0.1, 0.15) is 5.82 Å². The van der Waals surface area contributed by atoms with E-state index in [2.05, 4.69) is 20.5 Å². The number of piperidine rings is 1. The molecule has 3 heterocycles. The Morgan fingerprint density at radius 3 is 2.95 bits per heavy atom. The average Bonchev–Trinajstić information content (AvgIpc) is 3.08. The fraction of sp³-hybridized carbons (Fsp3) is 0.692. The molecule has 0 spiro atoms. The van der Waals surface area contributed by atoms with Crippen LogP contribution < -0.4 is 5.32 Å². The second-order valence-electron chi connectivity index (χ2n) is 5.88. The number of carbonyl (C=O) groups is 2. The third-order valence-corrected chi connectivity index (χ3v) is 4.52.